The fourth-order valence-corrected chi connectivity index (χ4v) is 4.15. The minimum atomic E-state index is -0.222. The Hall–Kier alpha value is -2.76. The zero-order valence-corrected chi connectivity index (χ0v) is 17.3. The van der Waals surface area contributed by atoms with Crippen molar-refractivity contribution in [2.75, 3.05) is 13.1 Å². The number of hydrogen-bond acceptors (Lipinski definition) is 3. The Bertz CT molecular complexity index is 1020. The van der Waals surface area contributed by atoms with E-state index in [4.69, 9.17) is 0 Å². The maximum atomic E-state index is 13.6. The fraction of sp³-hybridized carbons (Fsp3) is 0.435. The molecule has 0 radical (unpaired) electrons. The van der Waals surface area contributed by atoms with Gasteiger partial charge < -0.3 is 4.90 Å². The standard InChI is InChI=1S/C23H27FN4O/c1-4-19-13-22(17-5-6-20(24)15(2)11-17)26-28(19)14-23(29)27-9-7-18-12-16(3)25-21(18)8-10-27/h5-6,11,13H,4,7-10,12,14H2,1-3H3. The molecule has 1 amide bonds. The van der Waals surface area contributed by atoms with Gasteiger partial charge in [-0.05, 0) is 62.1 Å². The first-order chi connectivity index (χ1) is 13.9. The number of nitrogens with zero attached hydrogens (tertiary/aromatic N) is 4. The van der Waals surface area contributed by atoms with Crippen molar-refractivity contribution >= 4 is 11.6 Å². The predicted octanol–water partition coefficient (Wildman–Crippen LogP) is 4.30. The second-order valence-electron chi connectivity index (χ2n) is 7.95. The lowest BCUT2D eigenvalue weighted by Crippen LogP contribution is -2.35. The zero-order valence-electron chi connectivity index (χ0n) is 17.3. The number of rotatable bonds is 4. The monoisotopic (exact) mass is 394 g/mol. The van der Waals surface area contributed by atoms with E-state index in [9.17, 15) is 9.18 Å². The van der Waals surface area contributed by atoms with Crippen LogP contribution in [0.2, 0.25) is 0 Å². The lowest BCUT2D eigenvalue weighted by atomic mass is 10.1. The van der Waals surface area contributed by atoms with Crippen LogP contribution in [-0.2, 0) is 17.8 Å². The Morgan fingerprint density at radius 2 is 1.97 bits per heavy atom. The van der Waals surface area contributed by atoms with Gasteiger partial charge >= 0.3 is 0 Å². The van der Waals surface area contributed by atoms with Gasteiger partial charge in [0.2, 0.25) is 5.91 Å². The minimum absolute atomic E-state index is 0.0894. The van der Waals surface area contributed by atoms with Gasteiger partial charge in [0.25, 0.3) is 0 Å². The molecule has 0 saturated carbocycles. The molecule has 1 aromatic carbocycles. The summed E-state index contributed by atoms with van der Waals surface area (Å²) in [6, 6.07) is 7.00. The SMILES string of the molecule is CCc1cc(-c2ccc(F)c(C)c2)nn1CC(=O)N1CCC2=C(CC1)N=C(C)C2. The molecule has 0 unspecified atom stereocenters. The summed E-state index contributed by atoms with van der Waals surface area (Å²) in [7, 11) is 0. The predicted molar refractivity (Wildman–Crippen MR) is 112 cm³/mol. The molecule has 4 rings (SSSR count). The molecule has 2 aliphatic rings. The fourth-order valence-electron chi connectivity index (χ4n) is 4.15. The summed E-state index contributed by atoms with van der Waals surface area (Å²) in [6.45, 7) is 7.56. The van der Waals surface area contributed by atoms with Crippen LogP contribution in [0, 0.1) is 12.7 Å². The van der Waals surface area contributed by atoms with Crippen LogP contribution in [0.5, 0.6) is 0 Å². The Kier molecular flexibility index (Phi) is 5.35. The van der Waals surface area contributed by atoms with E-state index in [0.717, 1.165) is 49.2 Å². The number of carbonyl (C=O) groups is 1. The highest BCUT2D eigenvalue weighted by Gasteiger charge is 2.24. The molecular formula is C23H27FN4O. The van der Waals surface area contributed by atoms with Crippen LogP contribution < -0.4 is 0 Å². The van der Waals surface area contributed by atoms with Crippen molar-refractivity contribution in [1.29, 1.82) is 0 Å². The highest BCUT2D eigenvalue weighted by molar-refractivity contribution is 5.88. The number of aliphatic imine (C=N–C) groups is 1. The summed E-state index contributed by atoms with van der Waals surface area (Å²) in [4.78, 5) is 19.6. The zero-order chi connectivity index (χ0) is 20.5. The van der Waals surface area contributed by atoms with Crippen molar-refractivity contribution in [3.63, 3.8) is 0 Å². The molecule has 2 aliphatic heterocycles. The van der Waals surface area contributed by atoms with Crippen LogP contribution in [0.4, 0.5) is 4.39 Å². The normalized spacial score (nSPS) is 16.7. The largest absolute Gasteiger partial charge is 0.340 e. The molecule has 1 aromatic heterocycles. The summed E-state index contributed by atoms with van der Waals surface area (Å²) in [5, 5.41) is 4.66. The second kappa shape index (κ2) is 7.93. The summed E-state index contributed by atoms with van der Waals surface area (Å²) in [5.74, 6) is -0.133. The molecule has 0 fully saturated rings. The second-order valence-corrected chi connectivity index (χ2v) is 7.95. The highest BCUT2D eigenvalue weighted by Crippen LogP contribution is 2.28. The molecule has 2 aromatic rings. The van der Waals surface area contributed by atoms with Gasteiger partial charge in [0.05, 0.1) is 5.69 Å². The Morgan fingerprint density at radius 3 is 2.72 bits per heavy atom. The molecule has 6 heteroatoms. The Balaban J connectivity index is 1.48. The lowest BCUT2D eigenvalue weighted by molar-refractivity contribution is -0.132. The lowest BCUT2D eigenvalue weighted by Gasteiger charge is -2.21. The number of carbonyl (C=O) groups excluding carboxylic acids is 1. The molecule has 0 spiro atoms. The van der Waals surface area contributed by atoms with Crippen molar-refractivity contribution in [1.82, 2.24) is 14.7 Å². The first-order valence-corrected chi connectivity index (χ1v) is 10.3. The molecule has 0 saturated heterocycles. The third-order valence-corrected chi connectivity index (χ3v) is 5.82. The molecule has 0 atom stereocenters. The molecule has 29 heavy (non-hydrogen) atoms. The highest BCUT2D eigenvalue weighted by atomic mass is 19.1. The number of benzene rings is 1. The topological polar surface area (TPSA) is 50.5 Å². The molecular weight excluding hydrogens is 367 g/mol. The summed E-state index contributed by atoms with van der Waals surface area (Å²) >= 11 is 0. The van der Waals surface area contributed by atoms with Crippen LogP contribution in [0.1, 0.15) is 44.4 Å². The number of hydrogen-bond donors (Lipinski definition) is 0. The van der Waals surface area contributed by atoms with E-state index in [2.05, 4.69) is 23.9 Å². The number of aromatic nitrogens is 2. The quantitative estimate of drug-likeness (QED) is 0.776. The summed E-state index contributed by atoms with van der Waals surface area (Å²) < 4.78 is 15.4. The number of halogens is 1. The first kappa shape index (κ1) is 19.6. The van der Waals surface area contributed by atoms with Crippen molar-refractivity contribution in [3.05, 3.63) is 52.6 Å². The van der Waals surface area contributed by atoms with Crippen molar-refractivity contribution < 1.29 is 9.18 Å². The van der Waals surface area contributed by atoms with E-state index in [0.29, 0.717) is 12.1 Å². The minimum Gasteiger partial charge on any atom is -0.340 e. The van der Waals surface area contributed by atoms with Gasteiger partial charge in [-0.15, -0.1) is 0 Å². The average molecular weight is 394 g/mol. The van der Waals surface area contributed by atoms with Gasteiger partial charge in [0, 0.05) is 48.6 Å². The van der Waals surface area contributed by atoms with Gasteiger partial charge in [-0.2, -0.15) is 5.10 Å². The van der Waals surface area contributed by atoms with E-state index in [1.807, 2.05) is 11.0 Å². The molecule has 152 valence electrons. The third kappa shape index (κ3) is 4.02. The third-order valence-electron chi connectivity index (χ3n) is 5.82. The number of aryl methyl sites for hydroxylation is 2. The van der Waals surface area contributed by atoms with E-state index < -0.39 is 0 Å². The van der Waals surface area contributed by atoms with E-state index in [1.54, 1.807) is 23.7 Å². The van der Waals surface area contributed by atoms with Gasteiger partial charge in [-0.1, -0.05) is 6.92 Å². The van der Waals surface area contributed by atoms with E-state index in [-0.39, 0.29) is 18.3 Å². The Labute approximate surface area is 170 Å². The molecule has 5 nitrogen and oxygen atoms in total. The number of amides is 1. The smallest absolute Gasteiger partial charge is 0.244 e. The van der Waals surface area contributed by atoms with Crippen LogP contribution >= 0.6 is 0 Å². The van der Waals surface area contributed by atoms with E-state index >= 15 is 0 Å². The molecule has 0 aliphatic carbocycles. The summed E-state index contributed by atoms with van der Waals surface area (Å²) in [5.41, 5.74) is 7.00. The molecule has 0 bridgehead atoms. The Morgan fingerprint density at radius 1 is 1.17 bits per heavy atom. The molecule has 0 N–H and O–H groups in total. The maximum absolute atomic E-state index is 13.6. The van der Waals surface area contributed by atoms with E-state index in [1.165, 1.54) is 23.0 Å². The van der Waals surface area contributed by atoms with Crippen LogP contribution in [0.3, 0.4) is 0 Å². The first-order valence-electron chi connectivity index (χ1n) is 10.3. The summed E-state index contributed by atoms with van der Waals surface area (Å²) in [6.07, 6.45) is 3.47. The van der Waals surface area contributed by atoms with Gasteiger partial charge in [0.15, 0.2) is 0 Å². The van der Waals surface area contributed by atoms with Gasteiger partial charge in [0.1, 0.15) is 12.4 Å². The van der Waals surface area contributed by atoms with Gasteiger partial charge in [-0.3, -0.25) is 14.5 Å². The van der Waals surface area contributed by atoms with Crippen LogP contribution in [0.25, 0.3) is 11.3 Å². The van der Waals surface area contributed by atoms with Crippen molar-refractivity contribution in [2.45, 2.75) is 53.0 Å². The van der Waals surface area contributed by atoms with Gasteiger partial charge in [-0.25, -0.2) is 4.39 Å². The maximum Gasteiger partial charge on any atom is 0.244 e. The van der Waals surface area contributed by atoms with Crippen molar-refractivity contribution in [3.8, 4) is 11.3 Å². The van der Waals surface area contributed by atoms with Crippen LogP contribution in [0.15, 0.2) is 40.5 Å². The van der Waals surface area contributed by atoms with Crippen LogP contribution in [-0.4, -0.2) is 39.4 Å². The molecule has 3 heterocycles. The van der Waals surface area contributed by atoms with Crippen molar-refractivity contribution in [2.24, 2.45) is 4.99 Å². The average Bonchev–Trinajstić information content (AvgIpc) is 3.20.